The summed E-state index contributed by atoms with van der Waals surface area (Å²) in [5.41, 5.74) is 0.623. The molecule has 0 atom stereocenters. The second-order valence-corrected chi connectivity index (χ2v) is 4.55. The average molecular weight is 267 g/mol. The highest BCUT2D eigenvalue weighted by Gasteiger charge is 2.17. The highest BCUT2D eigenvalue weighted by molar-refractivity contribution is 6.32. The first-order chi connectivity index (χ1) is 8.69. The van der Waals surface area contributed by atoms with Crippen LogP contribution in [-0.2, 0) is 0 Å². The number of nitrogens with one attached hydrogen (secondary N) is 2. The Kier molecular flexibility index (Phi) is 4.10. The number of anilines is 1. The summed E-state index contributed by atoms with van der Waals surface area (Å²) in [6, 6.07) is 4.80. The van der Waals surface area contributed by atoms with E-state index in [1.807, 2.05) is 6.08 Å². The Morgan fingerprint density at radius 1 is 1.50 bits per heavy atom. The van der Waals surface area contributed by atoms with Gasteiger partial charge in [-0.15, -0.1) is 0 Å². The lowest BCUT2D eigenvalue weighted by atomic mass is 10.3. The van der Waals surface area contributed by atoms with E-state index in [1.165, 1.54) is 12.8 Å². The summed E-state index contributed by atoms with van der Waals surface area (Å²) >= 11 is 5.96. The van der Waals surface area contributed by atoms with Crippen molar-refractivity contribution in [3.8, 4) is 5.75 Å². The van der Waals surface area contributed by atoms with Crippen LogP contribution in [0.2, 0.25) is 5.02 Å². The molecule has 0 radical (unpaired) electrons. The number of methoxy groups -OCH3 is 1. The third-order valence-corrected chi connectivity index (χ3v) is 2.91. The van der Waals surface area contributed by atoms with E-state index in [2.05, 4.69) is 10.6 Å². The van der Waals surface area contributed by atoms with Gasteiger partial charge in [-0.1, -0.05) is 17.7 Å². The average Bonchev–Trinajstić information content (AvgIpc) is 3.13. The molecule has 0 spiro atoms. The van der Waals surface area contributed by atoms with Crippen molar-refractivity contribution in [2.24, 2.45) is 5.92 Å². The van der Waals surface area contributed by atoms with Gasteiger partial charge >= 0.3 is 6.03 Å². The molecule has 0 bridgehead atoms. The van der Waals surface area contributed by atoms with Crippen molar-refractivity contribution in [2.75, 3.05) is 12.4 Å². The maximum Gasteiger partial charge on any atom is 0.323 e. The first kappa shape index (κ1) is 12.8. The predicted octanol–water partition coefficient (Wildman–Crippen LogP) is 3.39. The fourth-order valence-corrected chi connectivity index (χ4v) is 1.72. The maximum absolute atomic E-state index is 11.5. The number of rotatable bonds is 4. The maximum atomic E-state index is 11.5. The monoisotopic (exact) mass is 266 g/mol. The van der Waals surface area contributed by atoms with E-state index < -0.39 is 0 Å². The van der Waals surface area contributed by atoms with Crippen molar-refractivity contribution < 1.29 is 9.53 Å². The van der Waals surface area contributed by atoms with E-state index in [0.717, 1.165) is 0 Å². The molecule has 0 aromatic heterocycles. The van der Waals surface area contributed by atoms with Gasteiger partial charge in [-0.05, 0) is 37.0 Å². The Hall–Kier alpha value is -1.68. The number of halogens is 1. The van der Waals surface area contributed by atoms with Gasteiger partial charge in [0.05, 0.1) is 12.1 Å². The van der Waals surface area contributed by atoms with Gasteiger partial charge < -0.3 is 15.4 Å². The van der Waals surface area contributed by atoms with Crippen LogP contribution in [0.3, 0.4) is 0 Å². The standard InChI is InChI=1S/C13H15ClN2O2/c1-18-12-5-4-10(8-11(12)14)16-13(17)15-7-6-9-2-3-9/h4-9H,2-3H2,1H3,(H2,15,16,17)/b7-6+. The molecule has 0 saturated heterocycles. The van der Waals surface area contributed by atoms with E-state index >= 15 is 0 Å². The normalized spacial score (nSPS) is 14.6. The Labute approximate surface area is 111 Å². The van der Waals surface area contributed by atoms with Gasteiger partial charge in [0, 0.05) is 11.9 Å². The van der Waals surface area contributed by atoms with E-state index in [9.17, 15) is 4.79 Å². The second-order valence-electron chi connectivity index (χ2n) is 4.14. The summed E-state index contributed by atoms with van der Waals surface area (Å²) in [6.07, 6.45) is 6.11. The van der Waals surface area contributed by atoms with E-state index in [1.54, 1.807) is 31.5 Å². The number of allylic oxidation sites excluding steroid dienone is 1. The third-order valence-electron chi connectivity index (χ3n) is 2.61. The van der Waals surface area contributed by atoms with E-state index in [0.29, 0.717) is 22.4 Å². The first-order valence-corrected chi connectivity index (χ1v) is 6.14. The minimum Gasteiger partial charge on any atom is -0.495 e. The fourth-order valence-electron chi connectivity index (χ4n) is 1.46. The Bertz CT molecular complexity index is 470. The molecule has 4 nitrogen and oxygen atoms in total. The van der Waals surface area contributed by atoms with Crippen LogP contribution in [0.1, 0.15) is 12.8 Å². The molecule has 0 unspecified atom stereocenters. The summed E-state index contributed by atoms with van der Waals surface area (Å²) in [7, 11) is 1.55. The molecule has 1 saturated carbocycles. The number of hydrogen-bond donors (Lipinski definition) is 2. The highest BCUT2D eigenvalue weighted by Crippen LogP contribution is 2.29. The topological polar surface area (TPSA) is 50.4 Å². The van der Waals surface area contributed by atoms with Crippen LogP contribution in [0, 0.1) is 5.92 Å². The Balaban J connectivity index is 1.87. The molecule has 1 fully saturated rings. The summed E-state index contributed by atoms with van der Waals surface area (Å²) < 4.78 is 5.03. The van der Waals surface area contributed by atoms with Crippen molar-refractivity contribution in [2.45, 2.75) is 12.8 Å². The Morgan fingerprint density at radius 2 is 2.28 bits per heavy atom. The number of urea groups is 1. The van der Waals surface area contributed by atoms with Crippen LogP contribution in [-0.4, -0.2) is 13.1 Å². The smallest absolute Gasteiger partial charge is 0.323 e. The van der Waals surface area contributed by atoms with Crippen molar-refractivity contribution in [3.63, 3.8) is 0 Å². The molecule has 5 heteroatoms. The van der Waals surface area contributed by atoms with E-state index in [4.69, 9.17) is 16.3 Å². The summed E-state index contributed by atoms with van der Waals surface area (Å²) in [4.78, 5) is 11.5. The van der Waals surface area contributed by atoms with Crippen molar-refractivity contribution >= 4 is 23.3 Å². The number of benzene rings is 1. The number of carbonyl (C=O) groups excluding carboxylic acids is 1. The highest BCUT2D eigenvalue weighted by atomic mass is 35.5. The zero-order chi connectivity index (χ0) is 13.0. The van der Waals surface area contributed by atoms with Gasteiger partial charge in [-0.3, -0.25) is 0 Å². The molecule has 0 aliphatic heterocycles. The molecule has 1 aliphatic rings. The molecule has 18 heavy (non-hydrogen) atoms. The van der Waals surface area contributed by atoms with Gasteiger partial charge in [0.25, 0.3) is 0 Å². The van der Waals surface area contributed by atoms with Gasteiger partial charge in [0.2, 0.25) is 0 Å². The van der Waals surface area contributed by atoms with Crippen LogP contribution in [0.5, 0.6) is 5.75 Å². The number of carbonyl (C=O) groups is 1. The molecule has 2 N–H and O–H groups in total. The Morgan fingerprint density at radius 3 is 2.89 bits per heavy atom. The molecule has 96 valence electrons. The fraction of sp³-hybridized carbons (Fsp3) is 0.308. The zero-order valence-electron chi connectivity index (χ0n) is 10.1. The molecule has 2 rings (SSSR count). The van der Waals surface area contributed by atoms with E-state index in [-0.39, 0.29) is 6.03 Å². The first-order valence-electron chi connectivity index (χ1n) is 5.77. The molecule has 1 aromatic rings. The van der Waals surface area contributed by atoms with Crippen molar-refractivity contribution in [1.82, 2.24) is 5.32 Å². The zero-order valence-corrected chi connectivity index (χ0v) is 10.8. The summed E-state index contributed by atoms with van der Waals surface area (Å²) in [5, 5.41) is 5.79. The van der Waals surface area contributed by atoms with Gasteiger partial charge in [-0.2, -0.15) is 0 Å². The van der Waals surface area contributed by atoms with Gasteiger partial charge in [0.1, 0.15) is 5.75 Å². The molecular weight excluding hydrogens is 252 g/mol. The van der Waals surface area contributed by atoms with Crippen LogP contribution >= 0.6 is 11.6 Å². The van der Waals surface area contributed by atoms with Gasteiger partial charge in [0.15, 0.2) is 0 Å². The molecule has 2 amide bonds. The number of ether oxygens (including phenoxy) is 1. The minimum atomic E-state index is -0.284. The molecule has 0 heterocycles. The summed E-state index contributed by atoms with van der Waals surface area (Å²) in [6.45, 7) is 0. The largest absolute Gasteiger partial charge is 0.495 e. The third kappa shape index (κ3) is 3.67. The van der Waals surface area contributed by atoms with Crippen LogP contribution in [0.15, 0.2) is 30.5 Å². The SMILES string of the molecule is COc1ccc(NC(=O)N/C=C/C2CC2)cc1Cl. The minimum absolute atomic E-state index is 0.284. The lowest BCUT2D eigenvalue weighted by Crippen LogP contribution is -2.23. The van der Waals surface area contributed by atoms with Crippen LogP contribution in [0.4, 0.5) is 10.5 Å². The van der Waals surface area contributed by atoms with Crippen molar-refractivity contribution in [1.29, 1.82) is 0 Å². The van der Waals surface area contributed by atoms with Crippen LogP contribution < -0.4 is 15.4 Å². The molecule has 1 aromatic carbocycles. The predicted molar refractivity (Wildman–Crippen MR) is 72.0 cm³/mol. The van der Waals surface area contributed by atoms with Gasteiger partial charge in [-0.25, -0.2) is 4.79 Å². The lowest BCUT2D eigenvalue weighted by Gasteiger charge is -2.07. The second kappa shape index (κ2) is 5.78. The quantitative estimate of drug-likeness (QED) is 0.878. The van der Waals surface area contributed by atoms with Crippen molar-refractivity contribution in [3.05, 3.63) is 35.5 Å². The summed E-state index contributed by atoms with van der Waals surface area (Å²) in [5.74, 6) is 1.22. The lowest BCUT2D eigenvalue weighted by molar-refractivity contribution is 0.255. The molecule has 1 aliphatic carbocycles. The molecular formula is C13H15ClN2O2. The number of amides is 2. The number of hydrogen-bond acceptors (Lipinski definition) is 2. The van der Waals surface area contributed by atoms with Crippen LogP contribution in [0.25, 0.3) is 0 Å².